The van der Waals surface area contributed by atoms with Crippen LogP contribution in [0.5, 0.6) is 0 Å². The van der Waals surface area contributed by atoms with Crippen LogP contribution in [-0.4, -0.2) is 37.2 Å². The summed E-state index contributed by atoms with van der Waals surface area (Å²) in [6.45, 7) is 3.73. The highest BCUT2D eigenvalue weighted by atomic mass is 16.1. The molecule has 0 radical (unpaired) electrons. The number of hydrogen-bond acceptors (Lipinski definition) is 4. The zero-order valence-corrected chi connectivity index (χ0v) is 14.6. The first-order chi connectivity index (χ1) is 12.7. The van der Waals surface area contributed by atoms with Crippen LogP contribution in [0.25, 0.3) is 16.6 Å². The molecule has 0 spiro atoms. The summed E-state index contributed by atoms with van der Waals surface area (Å²) in [7, 11) is 0. The molecule has 26 heavy (non-hydrogen) atoms. The van der Waals surface area contributed by atoms with E-state index in [2.05, 4.69) is 26.0 Å². The van der Waals surface area contributed by atoms with Crippen molar-refractivity contribution < 1.29 is 0 Å². The van der Waals surface area contributed by atoms with Gasteiger partial charge in [-0.1, -0.05) is 12.1 Å². The van der Waals surface area contributed by atoms with Crippen molar-refractivity contribution in [3.63, 3.8) is 0 Å². The molecular formula is C19H20N6O. The molecule has 1 aromatic carbocycles. The number of rotatable bonds is 2. The van der Waals surface area contributed by atoms with Crippen molar-refractivity contribution in [2.45, 2.75) is 25.8 Å². The van der Waals surface area contributed by atoms with Crippen molar-refractivity contribution in [3.05, 3.63) is 58.9 Å². The maximum atomic E-state index is 12.4. The van der Waals surface area contributed by atoms with Crippen LogP contribution in [0.1, 0.15) is 24.6 Å². The van der Waals surface area contributed by atoms with E-state index in [-0.39, 0.29) is 11.7 Å². The predicted molar refractivity (Wildman–Crippen MR) is 101 cm³/mol. The Morgan fingerprint density at radius 2 is 1.96 bits per heavy atom. The first kappa shape index (κ1) is 15.2. The lowest BCUT2D eigenvalue weighted by Gasteiger charge is -2.33. The highest BCUT2D eigenvalue weighted by Crippen LogP contribution is 2.29. The van der Waals surface area contributed by atoms with Crippen molar-refractivity contribution in [1.29, 1.82) is 0 Å². The predicted octanol–water partition coefficient (Wildman–Crippen LogP) is 2.52. The van der Waals surface area contributed by atoms with Gasteiger partial charge in [0.1, 0.15) is 5.52 Å². The molecule has 5 rings (SSSR count). The first-order valence-corrected chi connectivity index (χ1v) is 8.96. The third-order valence-corrected chi connectivity index (χ3v) is 5.24. The first-order valence-electron chi connectivity index (χ1n) is 8.96. The maximum Gasteiger partial charge on any atom is 0.326 e. The average molecular weight is 348 g/mol. The van der Waals surface area contributed by atoms with Gasteiger partial charge in [-0.2, -0.15) is 5.10 Å². The molecule has 0 bridgehead atoms. The summed E-state index contributed by atoms with van der Waals surface area (Å²) in [6.07, 6.45) is 5.50. The maximum absolute atomic E-state index is 12.4. The molecule has 1 N–H and O–H groups in total. The van der Waals surface area contributed by atoms with Crippen LogP contribution < -0.4 is 10.6 Å². The molecule has 0 atom stereocenters. The molecular weight excluding hydrogens is 328 g/mol. The van der Waals surface area contributed by atoms with Gasteiger partial charge in [-0.3, -0.25) is 4.57 Å². The Kier molecular flexibility index (Phi) is 3.34. The molecule has 7 nitrogen and oxygen atoms in total. The molecule has 1 aliphatic heterocycles. The van der Waals surface area contributed by atoms with E-state index in [4.69, 9.17) is 0 Å². The Morgan fingerprint density at radius 1 is 1.15 bits per heavy atom. The average Bonchev–Trinajstić information content (AvgIpc) is 3.19. The number of aromatic nitrogens is 5. The number of anilines is 1. The summed E-state index contributed by atoms with van der Waals surface area (Å²) < 4.78 is 3.80. The van der Waals surface area contributed by atoms with Gasteiger partial charge in [-0.25, -0.2) is 14.3 Å². The van der Waals surface area contributed by atoms with E-state index in [0.717, 1.165) is 54.0 Å². The molecule has 132 valence electrons. The molecule has 4 aromatic rings. The van der Waals surface area contributed by atoms with Gasteiger partial charge in [-0.05, 0) is 38.0 Å². The molecule has 0 aliphatic carbocycles. The number of para-hydroxylation sites is 2. The van der Waals surface area contributed by atoms with Gasteiger partial charge in [0, 0.05) is 31.5 Å². The number of H-pyrrole nitrogens is 1. The van der Waals surface area contributed by atoms with Crippen LogP contribution in [0.15, 0.2) is 47.5 Å². The Hall–Kier alpha value is -3.09. The molecule has 1 fully saturated rings. The molecule has 0 saturated carbocycles. The molecule has 3 aromatic heterocycles. The number of nitrogens with one attached hydrogen (secondary N) is 1. The Morgan fingerprint density at radius 3 is 2.81 bits per heavy atom. The molecule has 0 amide bonds. The third-order valence-electron chi connectivity index (χ3n) is 5.24. The number of aryl methyl sites for hydroxylation is 1. The molecule has 4 heterocycles. The minimum atomic E-state index is -0.0173. The summed E-state index contributed by atoms with van der Waals surface area (Å²) in [4.78, 5) is 22.3. The SMILES string of the molecule is Cc1cc2c(N3CCC(n4c(=O)[nH]c5ccccc54)CC3)nccn2n1. The quantitative estimate of drug-likeness (QED) is 0.604. The normalized spacial score (nSPS) is 16.0. The number of imidazole rings is 1. The molecule has 1 aliphatic rings. The van der Waals surface area contributed by atoms with Crippen LogP contribution >= 0.6 is 0 Å². The number of benzene rings is 1. The van der Waals surface area contributed by atoms with Gasteiger partial charge in [-0.15, -0.1) is 0 Å². The molecule has 0 unspecified atom stereocenters. The smallest absolute Gasteiger partial charge is 0.326 e. The number of fused-ring (bicyclic) bond motifs is 2. The second-order valence-electron chi connectivity index (χ2n) is 6.90. The van der Waals surface area contributed by atoms with Crippen molar-refractivity contribution in [2.75, 3.05) is 18.0 Å². The number of nitrogens with zero attached hydrogens (tertiary/aromatic N) is 5. The summed E-state index contributed by atoms with van der Waals surface area (Å²) in [5.41, 5.74) is 3.90. The zero-order chi connectivity index (χ0) is 17.7. The lowest BCUT2D eigenvalue weighted by Crippen LogP contribution is -2.37. The van der Waals surface area contributed by atoms with Gasteiger partial charge < -0.3 is 9.88 Å². The van der Waals surface area contributed by atoms with Gasteiger partial charge in [0.25, 0.3) is 0 Å². The Bertz CT molecular complexity index is 1150. The zero-order valence-electron chi connectivity index (χ0n) is 14.6. The highest BCUT2D eigenvalue weighted by molar-refractivity contribution is 5.75. The van der Waals surface area contributed by atoms with E-state index in [0.29, 0.717) is 0 Å². The summed E-state index contributed by atoms with van der Waals surface area (Å²) in [6, 6.07) is 10.2. The summed E-state index contributed by atoms with van der Waals surface area (Å²) in [5.74, 6) is 0.970. The molecule has 7 heteroatoms. The van der Waals surface area contributed by atoms with Gasteiger partial charge in [0.15, 0.2) is 5.82 Å². The fourth-order valence-corrected chi connectivity index (χ4v) is 4.05. The second-order valence-corrected chi connectivity index (χ2v) is 6.90. The minimum absolute atomic E-state index is 0.0173. The van der Waals surface area contributed by atoms with E-state index in [1.165, 1.54) is 0 Å². The van der Waals surface area contributed by atoms with Gasteiger partial charge >= 0.3 is 5.69 Å². The van der Waals surface area contributed by atoms with Crippen molar-refractivity contribution in [1.82, 2.24) is 24.1 Å². The van der Waals surface area contributed by atoms with Crippen LogP contribution in [0.2, 0.25) is 0 Å². The van der Waals surface area contributed by atoms with Crippen LogP contribution in [0.4, 0.5) is 5.82 Å². The topological polar surface area (TPSA) is 71.2 Å². The molecule has 1 saturated heterocycles. The Balaban J connectivity index is 1.44. The summed E-state index contributed by atoms with van der Waals surface area (Å²) in [5, 5.41) is 4.47. The van der Waals surface area contributed by atoms with Crippen LogP contribution in [-0.2, 0) is 0 Å². The highest BCUT2D eigenvalue weighted by Gasteiger charge is 2.25. The van der Waals surface area contributed by atoms with E-state index in [1.54, 1.807) is 6.20 Å². The van der Waals surface area contributed by atoms with E-state index in [9.17, 15) is 4.79 Å². The Labute approximate surface area is 149 Å². The lowest BCUT2D eigenvalue weighted by atomic mass is 10.0. The van der Waals surface area contributed by atoms with Crippen molar-refractivity contribution in [2.24, 2.45) is 0 Å². The van der Waals surface area contributed by atoms with Crippen molar-refractivity contribution in [3.8, 4) is 0 Å². The third kappa shape index (κ3) is 2.31. The van der Waals surface area contributed by atoms with Crippen molar-refractivity contribution >= 4 is 22.4 Å². The largest absolute Gasteiger partial charge is 0.355 e. The monoisotopic (exact) mass is 348 g/mol. The fourth-order valence-electron chi connectivity index (χ4n) is 4.05. The standard InChI is InChI=1S/C19H20N6O/c1-13-12-17-18(20-8-11-24(17)22-13)23-9-6-14(7-10-23)25-16-5-3-2-4-15(16)21-19(25)26/h2-5,8,11-12,14H,6-7,9-10H2,1H3,(H,21,26). The van der Waals surface area contributed by atoms with E-state index in [1.807, 2.05) is 46.5 Å². The number of hydrogen-bond donors (Lipinski definition) is 1. The fraction of sp³-hybridized carbons (Fsp3) is 0.316. The number of piperidine rings is 1. The van der Waals surface area contributed by atoms with Crippen LogP contribution in [0, 0.1) is 6.92 Å². The van der Waals surface area contributed by atoms with E-state index < -0.39 is 0 Å². The second kappa shape index (κ2) is 5.72. The van der Waals surface area contributed by atoms with E-state index >= 15 is 0 Å². The number of aromatic amines is 1. The summed E-state index contributed by atoms with van der Waals surface area (Å²) >= 11 is 0. The lowest BCUT2D eigenvalue weighted by molar-refractivity contribution is 0.395. The minimum Gasteiger partial charge on any atom is -0.355 e. The van der Waals surface area contributed by atoms with Gasteiger partial charge in [0.2, 0.25) is 0 Å². The van der Waals surface area contributed by atoms with Crippen LogP contribution in [0.3, 0.4) is 0 Å². The van der Waals surface area contributed by atoms with Gasteiger partial charge in [0.05, 0.1) is 16.7 Å².